The van der Waals surface area contributed by atoms with Gasteiger partial charge in [-0.25, -0.2) is 0 Å². The van der Waals surface area contributed by atoms with E-state index in [1.165, 1.54) is 18.2 Å². The smallest absolute Gasteiger partial charge is 0.193 e. The summed E-state index contributed by atoms with van der Waals surface area (Å²) in [4.78, 5) is 12.3. The Morgan fingerprint density at radius 1 is 1.17 bits per heavy atom. The minimum atomic E-state index is -1.76. The molecule has 1 fully saturated rings. The third-order valence-corrected chi connectivity index (χ3v) is 3.82. The summed E-state index contributed by atoms with van der Waals surface area (Å²) >= 11 is 0. The highest BCUT2D eigenvalue weighted by atomic mass is 16.3. The van der Waals surface area contributed by atoms with Crippen molar-refractivity contribution in [2.24, 2.45) is 0 Å². The molecule has 0 amide bonds. The van der Waals surface area contributed by atoms with E-state index in [9.17, 15) is 9.90 Å². The molecule has 1 aliphatic carbocycles. The van der Waals surface area contributed by atoms with Gasteiger partial charge in [0.1, 0.15) is 5.60 Å². The lowest BCUT2D eigenvalue weighted by atomic mass is 9.69. The van der Waals surface area contributed by atoms with Gasteiger partial charge in [0.2, 0.25) is 0 Å². The standard InChI is InChI=1S/C14H16B2O2/c1-5-7-9-10(8-6-2)11(17)14(18)12(3,15)13(14,4)16/h5-9,18H,1-2H2,3-4H3/b9-7-,10-8+. The van der Waals surface area contributed by atoms with Crippen LogP contribution in [0.3, 0.4) is 0 Å². The number of allylic oxidation sites excluding steroid dienone is 5. The highest BCUT2D eigenvalue weighted by molar-refractivity contribution is 6.39. The first-order valence-electron chi connectivity index (χ1n) is 5.65. The van der Waals surface area contributed by atoms with Crippen LogP contribution >= 0.6 is 0 Å². The normalized spacial score (nSPS) is 39.6. The molecule has 0 saturated heterocycles. The van der Waals surface area contributed by atoms with Gasteiger partial charge in [-0.15, -0.1) is 0 Å². The lowest BCUT2D eigenvalue weighted by molar-refractivity contribution is -0.126. The maximum Gasteiger partial charge on any atom is 0.193 e. The fraction of sp³-hybridized carbons (Fsp3) is 0.357. The molecule has 0 aromatic heterocycles. The number of carbonyl (C=O) groups is 1. The largest absolute Gasteiger partial charge is 0.382 e. The first-order chi connectivity index (χ1) is 8.18. The number of Topliss-reactive ketones (excluding diaryl/α,β-unsaturated/α-hetero) is 1. The summed E-state index contributed by atoms with van der Waals surface area (Å²) in [6, 6.07) is 0. The van der Waals surface area contributed by atoms with Crippen LogP contribution in [0.4, 0.5) is 0 Å². The molecule has 0 spiro atoms. The highest BCUT2D eigenvalue weighted by Gasteiger charge is 2.79. The zero-order valence-corrected chi connectivity index (χ0v) is 10.8. The molecule has 0 heterocycles. The van der Waals surface area contributed by atoms with Crippen molar-refractivity contribution in [3.63, 3.8) is 0 Å². The summed E-state index contributed by atoms with van der Waals surface area (Å²) in [5.74, 6) is -0.504. The number of hydrogen-bond acceptors (Lipinski definition) is 2. The molecule has 0 aromatic rings. The van der Waals surface area contributed by atoms with Gasteiger partial charge in [0, 0.05) is 5.57 Å². The van der Waals surface area contributed by atoms with Crippen molar-refractivity contribution < 1.29 is 9.90 Å². The molecule has 0 bridgehead atoms. The molecule has 1 saturated carbocycles. The quantitative estimate of drug-likeness (QED) is 0.450. The summed E-state index contributed by atoms with van der Waals surface area (Å²) in [6.07, 6.45) is 7.64. The van der Waals surface area contributed by atoms with E-state index in [4.69, 9.17) is 15.7 Å². The Kier molecular flexibility index (Phi) is 3.64. The van der Waals surface area contributed by atoms with E-state index < -0.39 is 22.0 Å². The number of rotatable bonds is 5. The number of ketones is 1. The van der Waals surface area contributed by atoms with E-state index in [0.717, 1.165) is 0 Å². The number of aliphatic hydroxyl groups is 1. The van der Waals surface area contributed by atoms with Crippen LogP contribution in [0.25, 0.3) is 0 Å². The van der Waals surface area contributed by atoms with E-state index in [-0.39, 0.29) is 0 Å². The fourth-order valence-electron chi connectivity index (χ4n) is 2.13. The zero-order chi connectivity index (χ0) is 14.2. The molecular weight excluding hydrogens is 222 g/mol. The summed E-state index contributed by atoms with van der Waals surface area (Å²) in [5.41, 5.74) is -1.47. The molecule has 1 rings (SSSR count). The molecule has 1 aliphatic rings. The van der Waals surface area contributed by atoms with Gasteiger partial charge in [0.25, 0.3) is 0 Å². The lowest BCUT2D eigenvalue weighted by Gasteiger charge is -2.14. The topological polar surface area (TPSA) is 37.3 Å². The Balaban J connectivity index is 3.16. The van der Waals surface area contributed by atoms with E-state index in [1.807, 2.05) is 0 Å². The van der Waals surface area contributed by atoms with Gasteiger partial charge in [-0.05, 0) is 10.6 Å². The van der Waals surface area contributed by atoms with Crippen molar-refractivity contribution >= 4 is 21.5 Å². The number of carbonyl (C=O) groups excluding carboxylic acids is 1. The highest BCUT2D eigenvalue weighted by Crippen LogP contribution is 2.80. The Labute approximate surface area is 111 Å². The average Bonchev–Trinajstić information content (AvgIpc) is 2.62. The summed E-state index contributed by atoms with van der Waals surface area (Å²) in [7, 11) is 11.8. The van der Waals surface area contributed by atoms with Gasteiger partial charge in [-0.2, -0.15) is 0 Å². The molecular formula is C14H16B2O2. The molecule has 1 N–H and O–H groups in total. The van der Waals surface area contributed by atoms with Crippen LogP contribution in [-0.2, 0) is 4.79 Å². The van der Waals surface area contributed by atoms with E-state index in [2.05, 4.69) is 13.2 Å². The van der Waals surface area contributed by atoms with Crippen LogP contribution in [0.1, 0.15) is 13.8 Å². The second-order valence-corrected chi connectivity index (χ2v) is 4.90. The van der Waals surface area contributed by atoms with Crippen molar-refractivity contribution in [3.8, 4) is 0 Å². The zero-order valence-electron chi connectivity index (χ0n) is 10.8. The van der Waals surface area contributed by atoms with Gasteiger partial charge in [-0.1, -0.05) is 57.4 Å². The minimum Gasteiger partial charge on any atom is -0.382 e. The summed E-state index contributed by atoms with van der Waals surface area (Å²) in [5, 5.41) is 8.11. The molecule has 4 heteroatoms. The van der Waals surface area contributed by atoms with Crippen molar-refractivity contribution in [1.82, 2.24) is 0 Å². The third kappa shape index (κ3) is 1.67. The average molecular weight is 238 g/mol. The molecule has 2 atom stereocenters. The van der Waals surface area contributed by atoms with Gasteiger partial charge >= 0.3 is 0 Å². The number of hydrogen-bond donors (Lipinski definition) is 1. The van der Waals surface area contributed by atoms with Crippen LogP contribution < -0.4 is 0 Å². The summed E-state index contributed by atoms with van der Waals surface area (Å²) < 4.78 is 0. The first-order valence-corrected chi connectivity index (χ1v) is 5.65. The Hall–Kier alpha value is -1.28. The SMILES string of the molecule is [B]C1(C)C([B])(C)C1(O)C(=O)C(/C=C\C=C)=C/C=C. The van der Waals surface area contributed by atoms with Crippen molar-refractivity contribution in [2.45, 2.75) is 30.1 Å². The monoisotopic (exact) mass is 238 g/mol. The second-order valence-electron chi connectivity index (χ2n) is 4.90. The predicted octanol–water partition coefficient (Wildman–Crippen LogP) is 1.85. The third-order valence-electron chi connectivity index (χ3n) is 3.82. The van der Waals surface area contributed by atoms with E-state index in [1.54, 1.807) is 26.0 Å². The van der Waals surface area contributed by atoms with Crippen molar-refractivity contribution in [1.29, 1.82) is 0 Å². The molecule has 0 aliphatic heterocycles. The second kappa shape index (κ2) is 4.43. The Morgan fingerprint density at radius 3 is 2.00 bits per heavy atom. The van der Waals surface area contributed by atoms with E-state index in [0.29, 0.717) is 5.57 Å². The Bertz CT molecular complexity index is 442. The van der Waals surface area contributed by atoms with Gasteiger partial charge in [0.15, 0.2) is 5.78 Å². The molecule has 90 valence electrons. The molecule has 0 aromatic carbocycles. The van der Waals surface area contributed by atoms with Crippen molar-refractivity contribution in [2.75, 3.05) is 0 Å². The fourth-order valence-corrected chi connectivity index (χ4v) is 2.13. The molecule has 4 radical (unpaired) electrons. The maximum atomic E-state index is 12.3. The minimum absolute atomic E-state index is 0.290. The van der Waals surface area contributed by atoms with Gasteiger partial charge < -0.3 is 5.11 Å². The van der Waals surface area contributed by atoms with Crippen molar-refractivity contribution in [3.05, 3.63) is 49.1 Å². The maximum absolute atomic E-state index is 12.3. The van der Waals surface area contributed by atoms with Crippen LogP contribution in [0, 0.1) is 0 Å². The van der Waals surface area contributed by atoms with Crippen LogP contribution in [-0.4, -0.2) is 32.2 Å². The predicted molar refractivity (Wildman–Crippen MR) is 75.8 cm³/mol. The molecule has 2 unspecified atom stereocenters. The Morgan fingerprint density at radius 2 is 1.67 bits per heavy atom. The first kappa shape index (κ1) is 14.8. The molecule has 18 heavy (non-hydrogen) atoms. The van der Waals surface area contributed by atoms with Gasteiger partial charge in [-0.3, -0.25) is 4.79 Å². The van der Waals surface area contributed by atoms with Crippen LogP contribution in [0.5, 0.6) is 0 Å². The molecule has 2 nitrogen and oxygen atoms in total. The van der Waals surface area contributed by atoms with E-state index >= 15 is 0 Å². The van der Waals surface area contributed by atoms with Gasteiger partial charge in [0.05, 0.1) is 15.7 Å². The van der Waals surface area contributed by atoms with Crippen LogP contribution in [0.15, 0.2) is 49.1 Å². The lowest BCUT2D eigenvalue weighted by Crippen LogP contribution is -2.30. The van der Waals surface area contributed by atoms with Crippen LogP contribution in [0.2, 0.25) is 10.6 Å². The summed E-state index contributed by atoms with van der Waals surface area (Å²) in [6.45, 7) is 10.2.